The highest BCUT2D eigenvalue weighted by molar-refractivity contribution is 7.92. The zero-order valence-electron chi connectivity index (χ0n) is 21.8. The molecule has 4 rings (SSSR count). The molecular formula is C27H26F8N2O4S. The van der Waals surface area contributed by atoms with Crippen LogP contribution in [-0.4, -0.2) is 50.6 Å². The molecule has 2 N–H and O–H groups in total. The van der Waals surface area contributed by atoms with E-state index in [1.807, 2.05) is 0 Å². The van der Waals surface area contributed by atoms with E-state index in [0.717, 1.165) is 24.3 Å². The highest BCUT2D eigenvalue weighted by Crippen LogP contribution is 2.54. The summed E-state index contributed by atoms with van der Waals surface area (Å²) in [6.07, 6.45) is -11.7. The van der Waals surface area contributed by atoms with E-state index in [1.165, 1.54) is 4.90 Å². The van der Waals surface area contributed by atoms with Crippen LogP contribution < -0.4 is 5.73 Å². The molecule has 0 bridgehead atoms. The fourth-order valence-electron chi connectivity index (χ4n) is 5.79. The van der Waals surface area contributed by atoms with Gasteiger partial charge >= 0.3 is 18.0 Å². The third-order valence-corrected chi connectivity index (χ3v) is 10.7. The number of carbonyl (C=O) groups excluding carboxylic acids is 2. The van der Waals surface area contributed by atoms with E-state index in [4.69, 9.17) is 5.73 Å². The molecule has 15 heteroatoms. The Bertz CT molecular complexity index is 1420. The first-order valence-electron chi connectivity index (χ1n) is 12.9. The van der Waals surface area contributed by atoms with Gasteiger partial charge in [0.1, 0.15) is 10.6 Å². The largest absolute Gasteiger partial charge is 0.435 e. The van der Waals surface area contributed by atoms with Gasteiger partial charge in [-0.1, -0.05) is 24.3 Å². The number of nitrogens with two attached hydrogens (primary N) is 1. The fraction of sp³-hybridized carbons (Fsp3) is 0.481. The summed E-state index contributed by atoms with van der Waals surface area (Å²) in [6, 6.07) is 5.45. The molecule has 1 atom stereocenters. The smallest absolute Gasteiger partial charge is 0.369 e. The molecule has 2 aliphatic rings. The van der Waals surface area contributed by atoms with E-state index >= 15 is 0 Å². The van der Waals surface area contributed by atoms with Crippen LogP contribution in [0.3, 0.4) is 0 Å². The second-order valence-corrected chi connectivity index (χ2v) is 12.9. The van der Waals surface area contributed by atoms with Crippen molar-refractivity contribution >= 4 is 21.7 Å². The number of nitrogens with zero attached hydrogens (tertiary/aromatic N) is 1. The zero-order chi connectivity index (χ0) is 31.3. The summed E-state index contributed by atoms with van der Waals surface area (Å²) in [5.74, 6) is -2.65. The summed E-state index contributed by atoms with van der Waals surface area (Å²) in [6.45, 7) is -0.644. The van der Waals surface area contributed by atoms with Gasteiger partial charge in [-0.2, -0.15) is 26.3 Å². The second kappa shape index (κ2) is 10.8. The first-order valence-corrected chi connectivity index (χ1v) is 14.3. The molecule has 2 aromatic carbocycles. The summed E-state index contributed by atoms with van der Waals surface area (Å²) in [4.78, 5) is 25.7. The lowest BCUT2D eigenvalue weighted by Crippen LogP contribution is -2.50. The van der Waals surface area contributed by atoms with Crippen molar-refractivity contribution in [3.8, 4) is 0 Å². The maximum absolute atomic E-state index is 14.6. The quantitative estimate of drug-likeness (QED) is 0.347. The average molecular weight is 627 g/mol. The molecule has 1 saturated heterocycles. The molecule has 1 heterocycles. The van der Waals surface area contributed by atoms with Crippen molar-refractivity contribution in [3.63, 3.8) is 0 Å². The van der Waals surface area contributed by atoms with Crippen LogP contribution in [0.4, 0.5) is 35.1 Å². The van der Waals surface area contributed by atoms with Crippen LogP contribution in [0.15, 0.2) is 53.4 Å². The van der Waals surface area contributed by atoms with Gasteiger partial charge in [0.25, 0.3) is 0 Å². The number of halogens is 8. The van der Waals surface area contributed by atoms with E-state index in [0.29, 0.717) is 37.8 Å². The Kier molecular flexibility index (Phi) is 8.15. The lowest BCUT2D eigenvalue weighted by molar-refractivity contribution is -0.348. The molecule has 0 radical (unpaired) electrons. The summed E-state index contributed by atoms with van der Waals surface area (Å²) in [5, 5.41) is 0. The number of sulfone groups is 1. The minimum atomic E-state index is -6.37. The molecule has 0 spiro atoms. The van der Waals surface area contributed by atoms with Gasteiger partial charge in [0, 0.05) is 30.5 Å². The Hall–Kier alpha value is -3.23. The molecule has 0 aromatic heterocycles. The van der Waals surface area contributed by atoms with Crippen molar-refractivity contribution in [1.82, 2.24) is 4.90 Å². The lowest BCUT2D eigenvalue weighted by atomic mass is 9.81. The van der Waals surface area contributed by atoms with E-state index in [-0.39, 0.29) is 30.7 Å². The van der Waals surface area contributed by atoms with Crippen molar-refractivity contribution in [3.05, 3.63) is 65.5 Å². The van der Waals surface area contributed by atoms with Crippen molar-refractivity contribution in [2.45, 2.75) is 59.8 Å². The number of likely N-dealkylation sites (tertiary alicyclic amines) is 1. The van der Waals surface area contributed by atoms with Gasteiger partial charge in [-0.25, -0.2) is 17.2 Å². The van der Waals surface area contributed by atoms with Gasteiger partial charge in [-0.05, 0) is 61.9 Å². The van der Waals surface area contributed by atoms with Gasteiger partial charge in [0.2, 0.25) is 11.8 Å². The van der Waals surface area contributed by atoms with Crippen LogP contribution in [0.5, 0.6) is 0 Å². The van der Waals surface area contributed by atoms with Gasteiger partial charge in [-0.3, -0.25) is 9.59 Å². The Morgan fingerprint density at radius 1 is 0.810 bits per heavy atom. The summed E-state index contributed by atoms with van der Waals surface area (Å²) < 4.78 is 134. The predicted octanol–water partition coefficient (Wildman–Crippen LogP) is 5.31. The Morgan fingerprint density at radius 3 is 1.79 bits per heavy atom. The number of primary amides is 1. The number of carbonyl (C=O) groups is 2. The molecule has 2 amide bonds. The molecule has 230 valence electrons. The molecule has 2 aromatic rings. The van der Waals surface area contributed by atoms with E-state index in [1.54, 1.807) is 0 Å². The van der Waals surface area contributed by atoms with Crippen molar-refractivity contribution < 1.29 is 53.1 Å². The highest BCUT2D eigenvalue weighted by atomic mass is 32.2. The second-order valence-electron chi connectivity index (χ2n) is 10.6. The minimum absolute atomic E-state index is 0.130. The van der Waals surface area contributed by atoms with Crippen molar-refractivity contribution in [2.75, 3.05) is 13.1 Å². The molecule has 0 unspecified atom stereocenters. The van der Waals surface area contributed by atoms with Crippen molar-refractivity contribution in [2.24, 2.45) is 17.6 Å². The van der Waals surface area contributed by atoms with E-state index in [2.05, 4.69) is 0 Å². The third-order valence-electron chi connectivity index (χ3n) is 8.25. The summed E-state index contributed by atoms with van der Waals surface area (Å²) in [7, 11) is -4.55. The molecular weight excluding hydrogens is 600 g/mol. The van der Waals surface area contributed by atoms with E-state index < -0.39 is 79.1 Å². The summed E-state index contributed by atoms with van der Waals surface area (Å²) in [5.41, 5.74) is -2.45. The molecule has 42 heavy (non-hydrogen) atoms. The predicted molar refractivity (Wildman–Crippen MR) is 132 cm³/mol. The highest BCUT2D eigenvalue weighted by Gasteiger charge is 2.73. The van der Waals surface area contributed by atoms with Crippen LogP contribution in [-0.2, 0) is 29.8 Å². The lowest BCUT2D eigenvalue weighted by Gasteiger charge is -2.33. The van der Waals surface area contributed by atoms with Crippen LogP contribution in [0.2, 0.25) is 0 Å². The van der Waals surface area contributed by atoms with E-state index in [9.17, 15) is 53.1 Å². The average Bonchev–Trinajstić information content (AvgIpc) is 3.39. The first kappa shape index (κ1) is 31.7. The standard InChI is InChI=1S/C27H26F8N2O4S/c28-20-9-11-21(12-10-20)42(40,41)24(13-14-37(15-24)23(39)17-3-1-16(2-4-17)22(36)38)18-5-7-19(8-6-18)25(29,26(30,31)32)27(33,34)35/h5-12,16-17H,1-4,13-15H2,(H2,36,38)/t16-,17-,24-/m0/s1. The maximum Gasteiger partial charge on any atom is 0.435 e. The Balaban J connectivity index is 1.74. The van der Waals surface area contributed by atoms with Crippen LogP contribution in [0.1, 0.15) is 43.2 Å². The minimum Gasteiger partial charge on any atom is -0.369 e. The molecule has 6 nitrogen and oxygen atoms in total. The number of alkyl halides is 7. The van der Waals surface area contributed by atoms with Gasteiger partial charge in [-0.15, -0.1) is 0 Å². The molecule has 2 fully saturated rings. The van der Waals surface area contributed by atoms with Crippen LogP contribution >= 0.6 is 0 Å². The number of benzene rings is 2. The number of rotatable bonds is 6. The Morgan fingerprint density at radius 2 is 1.31 bits per heavy atom. The topological polar surface area (TPSA) is 97.5 Å². The number of hydrogen-bond acceptors (Lipinski definition) is 4. The monoisotopic (exact) mass is 626 g/mol. The first-order chi connectivity index (χ1) is 19.3. The SMILES string of the molecule is NC(=O)[C@H]1CC[C@H](C(=O)N2CC[C@](c3ccc(C(F)(C(F)(F)F)C(F)(F)F)cc3)(S(=O)(=O)c3ccc(F)cc3)C2)CC1. The third kappa shape index (κ3) is 5.24. The van der Waals surface area contributed by atoms with Gasteiger partial charge < -0.3 is 10.6 Å². The van der Waals surface area contributed by atoms with Gasteiger partial charge in [0.05, 0.1) is 4.90 Å². The number of amides is 2. The normalized spacial score (nSPS) is 24.0. The Labute approximate surface area is 235 Å². The molecule has 1 saturated carbocycles. The number of hydrogen-bond donors (Lipinski definition) is 1. The fourth-order valence-corrected chi connectivity index (χ4v) is 7.87. The molecule has 1 aliphatic heterocycles. The molecule has 1 aliphatic carbocycles. The zero-order valence-corrected chi connectivity index (χ0v) is 22.6. The van der Waals surface area contributed by atoms with Crippen molar-refractivity contribution in [1.29, 1.82) is 0 Å². The van der Waals surface area contributed by atoms with Gasteiger partial charge in [0.15, 0.2) is 9.84 Å². The van der Waals surface area contributed by atoms with Crippen LogP contribution in [0, 0.1) is 17.7 Å². The maximum atomic E-state index is 14.6. The van der Waals surface area contributed by atoms with Crippen LogP contribution in [0.25, 0.3) is 0 Å². The summed E-state index contributed by atoms with van der Waals surface area (Å²) >= 11 is 0.